The summed E-state index contributed by atoms with van der Waals surface area (Å²) in [5.41, 5.74) is 3.00. The summed E-state index contributed by atoms with van der Waals surface area (Å²) in [7, 11) is 0. The van der Waals surface area contributed by atoms with E-state index in [-0.39, 0.29) is 0 Å². The van der Waals surface area contributed by atoms with Crippen LogP contribution < -0.4 is 5.32 Å². The Balaban J connectivity index is 2.27. The van der Waals surface area contributed by atoms with Crippen molar-refractivity contribution in [2.24, 2.45) is 0 Å². The zero-order valence-electron chi connectivity index (χ0n) is 8.23. The van der Waals surface area contributed by atoms with E-state index in [4.69, 9.17) is 4.74 Å². The summed E-state index contributed by atoms with van der Waals surface area (Å²) in [5.74, 6) is 0. The van der Waals surface area contributed by atoms with Crippen LogP contribution in [0.4, 0.5) is 5.69 Å². The minimum atomic E-state index is 0.625. The molecule has 0 aliphatic carbocycles. The van der Waals surface area contributed by atoms with Crippen molar-refractivity contribution in [3.05, 3.63) is 30.1 Å². The van der Waals surface area contributed by atoms with Gasteiger partial charge in [-0.15, -0.1) is 0 Å². The van der Waals surface area contributed by atoms with E-state index >= 15 is 0 Å². The van der Waals surface area contributed by atoms with Crippen LogP contribution in [0, 0.1) is 0 Å². The molecule has 0 aromatic carbocycles. The van der Waals surface area contributed by atoms with E-state index in [1.54, 1.807) is 6.20 Å². The van der Waals surface area contributed by atoms with Gasteiger partial charge in [-0.25, -0.2) is 9.97 Å². The Bertz CT molecular complexity index is 498. The fraction of sp³-hybridized carbons (Fsp3) is 0.273. The molecule has 0 fully saturated rings. The predicted molar refractivity (Wildman–Crippen MR) is 57.7 cm³/mol. The first-order valence-electron chi connectivity index (χ1n) is 4.99. The fourth-order valence-electron chi connectivity index (χ4n) is 1.82. The summed E-state index contributed by atoms with van der Waals surface area (Å²) in [6.45, 7) is 2.19. The maximum atomic E-state index is 5.45. The van der Waals surface area contributed by atoms with Crippen LogP contribution in [-0.2, 0) is 11.3 Å². The lowest BCUT2D eigenvalue weighted by molar-refractivity contribution is 0.134. The van der Waals surface area contributed by atoms with Crippen molar-refractivity contribution in [3.63, 3.8) is 0 Å². The first-order valence-corrected chi connectivity index (χ1v) is 4.99. The van der Waals surface area contributed by atoms with E-state index in [1.165, 1.54) is 0 Å². The van der Waals surface area contributed by atoms with E-state index in [0.717, 1.165) is 35.4 Å². The Kier molecular flexibility index (Phi) is 1.99. The highest BCUT2D eigenvalue weighted by molar-refractivity contribution is 5.90. The van der Waals surface area contributed by atoms with Gasteiger partial charge < -0.3 is 10.1 Å². The molecule has 1 aliphatic heterocycles. The zero-order chi connectivity index (χ0) is 10.1. The number of ether oxygens (including phenoxy) is 1. The molecular formula is C11H11N3O. The van der Waals surface area contributed by atoms with Gasteiger partial charge in [0.1, 0.15) is 0 Å². The van der Waals surface area contributed by atoms with Gasteiger partial charge in [-0.2, -0.15) is 0 Å². The van der Waals surface area contributed by atoms with Crippen molar-refractivity contribution >= 4 is 16.7 Å². The normalized spacial score (nSPS) is 15.5. The molecule has 0 saturated carbocycles. The number of rotatable bonds is 0. The number of fused-ring (bicyclic) bond motifs is 3. The van der Waals surface area contributed by atoms with Gasteiger partial charge >= 0.3 is 0 Å². The summed E-state index contributed by atoms with van der Waals surface area (Å²) >= 11 is 0. The zero-order valence-corrected chi connectivity index (χ0v) is 8.23. The highest BCUT2D eigenvalue weighted by atomic mass is 16.5. The summed E-state index contributed by atoms with van der Waals surface area (Å²) < 4.78 is 5.45. The molecule has 0 atom stereocenters. The minimum Gasteiger partial charge on any atom is -0.382 e. The molecule has 3 heterocycles. The van der Waals surface area contributed by atoms with Gasteiger partial charge in [0.15, 0.2) is 5.65 Å². The molecule has 0 unspecified atom stereocenters. The number of aromatic nitrogens is 2. The lowest BCUT2D eigenvalue weighted by atomic mass is 10.1. The van der Waals surface area contributed by atoms with E-state index in [1.807, 2.05) is 18.3 Å². The molecule has 0 radical (unpaired) electrons. The Morgan fingerprint density at radius 1 is 1.33 bits per heavy atom. The second-order valence-corrected chi connectivity index (χ2v) is 3.51. The van der Waals surface area contributed by atoms with Gasteiger partial charge in [-0.3, -0.25) is 0 Å². The monoisotopic (exact) mass is 201 g/mol. The lowest BCUT2D eigenvalue weighted by Crippen LogP contribution is -2.05. The first-order chi connectivity index (χ1) is 7.45. The highest BCUT2D eigenvalue weighted by Crippen LogP contribution is 2.26. The van der Waals surface area contributed by atoms with Crippen molar-refractivity contribution < 1.29 is 4.74 Å². The molecule has 0 bridgehead atoms. The van der Waals surface area contributed by atoms with E-state index in [2.05, 4.69) is 15.3 Å². The Labute approximate surface area is 87.3 Å². The van der Waals surface area contributed by atoms with Gasteiger partial charge in [0.05, 0.1) is 18.9 Å². The topological polar surface area (TPSA) is 47.0 Å². The molecule has 15 heavy (non-hydrogen) atoms. The van der Waals surface area contributed by atoms with Crippen LogP contribution in [0.3, 0.4) is 0 Å². The van der Waals surface area contributed by atoms with E-state index < -0.39 is 0 Å². The third kappa shape index (κ3) is 1.43. The van der Waals surface area contributed by atoms with Crippen LogP contribution in [0.25, 0.3) is 11.0 Å². The summed E-state index contributed by atoms with van der Waals surface area (Å²) in [6, 6.07) is 3.96. The second-order valence-electron chi connectivity index (χ2n) is 3.51. The average Bonchev–Trinajstić information content (AvgIpc) is 2.54. The van der Waals surface area contributed by atoms with E-state index in [9.17, 15) is 0 Å². The van der Waals surface area contributed by atoms with Crippen LogP contribution >= 0.6 is 0 Å². The van der Waals surface area contributed by atoms with Gasteiger partial charge in [0, 0.05) is 29.9 Å². The molecule has 1 N–H and O–H groups in total. The molecule has 0 amide bonds. The van der Waals surface area contributed by atoms with E-state index in [0.29, 0.717) is 6.61 Å². The van der Waals surface area contributed by atoms with Crippen molar-refractivity contribution in [2.75, 3.05) is 18.5 Å². The van der Waals surface area contributed by atoms with Crippen molar-refractivity contribution in [1.29, 1.82) is 0 Å². The molecule has 3 rings (SSSR count). The number of pyridine rings is 2. The van der Waals surface area contributed by atoms with Crippen molar-refractivity contribution in [1.82, 2.24) is 9.97 Å². The molecule has 0 saturated heterocycles. The average molecular weight is 201 g/mol. The van der Waals surface area contributed by atoms with Gasteiger partial charge in [-0.1, -0.05) is 0 Å². The number of hydrogen-bond donors (Lipinski definition) is 1. The molecule has 4 nitrogen and oxygen atoms in total. The summed E-state index contributed by atoms with van der Waals surface area (Å²) in [4.78, 5) is 8.53. The third-order valence-electron chi connectivity index (χ3n) is 2.53. The number of nitrogens with one attached hydrogen (secondary N) is 1. The number of nitrogens with zero attached hydrogens (tertiary/aromatic N) is 2. The fourth-order valence-corrected chi connectivity index (χ4v) is 1.82. The van der Waals surface area contributed by atoms with Gasteiger partial charge in [0.25, 0.3) is 0 Å². The van der Waals surface area contributed by atoms with Crippen LogP contribution in [0.5, 0.6) is 0 Å². The Hall–Kier alpha value is -1.68. The van der Waals surface area contributed by atoms with Crippen molar-refractivity contribution in [2.45, 2.75) is 6.61 Å². The Morgan fingerprint density at radius 2 is 2.33 bits per heavy atom. The molecule has 0 spiro atoms. The minimum absolute atomic E-state index is 0.625. The second kappa shape index (κ2) is 3.47. The van der Waals surface area contributed by atoms with Crippen LogP contribution in [-0.4, -0.2) is 23.1 Å². The van der Waals surface area contributed by atoms with Gasteiger partial charge in [0.2, 0.25) is 0 Å². The molecule has 4 heteroatoms. The first kappa shape index (κ1) is 8.61. The quantitative estimate of drug-likeness (QED) is 0.702. The maximum absolute atomic E-state index is 5.45. The van der Waals surface area contributed by atoms with Crippen LogP contribution in [0.15, 0.2) is 24.5 Å². The summed E-state index contributed by atoms with van der Waals surface area (Å²) in [6.07, 6.45) is 3.60. The summed E-state index contributed by atoms with van der Waals surface area (Å²) in [5, 5.41) is 4.43. The molecule has 2 aromatic heterocycles. The molecule has 2 aromatic rings. The molecule has 1 aliphatic rings. The maximum Gasteiger partial charge on any atom is 0.161 e. The van der Waals surface area contributed by atoms with Crippen LogP contribution in [0.1, 0.15) is 5.56 Å². The standard InChI is InChI=1S/C11H11N3O/c1-2-9-10-8(7-15-5-4-12-10)6-14-11(9)13-3-1/h1-3,6,12H,4-5,7H2. The predicted octanol–water partition coefficient (Wildman–Crippen LogP) is 1.57. The number of anilines is 1. The smallest absolute Gasteiger partial charge is 0.161 e. The third-order valence-corrected chi connectivity index (χ3v) is 2.53. The lowest BCUT2D eigenvalue weighted by Gasteiger charge is -2.08. The Morgan fingerprint density at radius 3 is 3.33 bits per heavy atom. The molecular weight excluding hydrogens is 190 g/mol. The number of hydrogen-bond acceptors (Lipinski definition) is 4. The van der Waals surface area contributed by atoms with Gasteiger partial charge in [-0.05, 0) is 12.1 Å². The SMILES string of the molecule is c1cnc2ncc3c(c2c1)NCCOC3. The van der Waals surface area contributed by atoms with Crippen LogP contribution in [0.2, 0.25) is 0 Å². The molecule has 76 valence electrons. The largest absolute Gasteiger partial charge is 0.382 e. The highest BCUT2D eigenvalue weighted by Gasteiger charge is 2.11. The van der Waals surface area contributed by atoms with Crippen molar-refractivity contribution in [3.8, 4) is 0 Å².